The van der Waals surface area contributed by atoms with E-state index in [1.807, 2.05) is 36.4 Å². The van der Waals surface area contributed by atoms with E-state index < -0.39 is 18.1 Å². The van der Waals surface area contributed by atoms with Crippen molar-refractivity contribution in [2.24, 2.45) is 0 Å². The first-order valence-corrected chi connectivity index (χ1v) is 8.45. The predicted octanol–water partition coefficient (Wildman–Crippen LogP) is 3.01. The molecule has 0 aliphatic heterocycles. The molecule has 2 aromatic rings. The number of carboxylic acid groups (broad SMARTS) is 1. The number of amides is 1. The van der Waals surface area contributed by atoms with Crippen molar-refractivity contribution < 1.29 is 24.2 Å². The summed E-state index contributed by atoms with van der Waals surface area (Å²) in [5.41, 5.74) is 4.49. The first-order chi connectivity index (χ1) is 12.6. The lowest BCUT2D eigenvalue weighted by molar-refractivity contribution is -0.139. The number of carboxylic acids is 1. The molecule has 26 heavy (non-hydrogen) atoms. The van der Waals surface area contributed by atoms with E-state index in [1.165, 1.54) is 7.11 Å². The first-order valence-electron chi connectivity index (χ1n) is 8.45. The molecule has 0 bridgehead atoms. The molecule has 2 aromatic carbocycles. The molecule has 3 rings (SSSR count). The fourth-order valence-corrected chi connectivity index (χ4v) is 3.28. The lowest BCUT2D eigenvalue weighted by atomic mass is 9.98. The summed E-state index contributed by atoms with van der Waals surface area (Å²) in [7, 11) is 1.48. The number of benzene rings is 2. The number of aliphatic carboxylic acids is 1. The molecule has 0 saturated heterocycles. The van der Waals surface area contributed by atoms with Crippen LogP contribution in [0.3, 0.4) is 0 Å². The molecule has 0 fully saturated rings. The van der Waals surface area contributed by atoms with Crippen LogP contribution in [0.15, 0.2) is 48.5 Å². The van der Waals surface area contributed by atoms with Gasteiger partial charge in [0.1, 0.15) is 12.6 Å². The van der Waals surface area contributed by atoms with Gasteiger partial charge in [-0.05, 0) is 22.3 Å². The molecule has 0 saturated carbocycles. The highest BCUT2D eigenvalue weighted by Gasteiger charge is 2.29. The number of rotatable bonds is 7. The highest BCUT2D eigenvalue weighted by Crippen LogP contribution is 2.44. The van der Waals surface area contributed by atoms with Gasteiger partial charge in [0, 0.05) is 26.1 Å². The maximum absolute atomic E-state index is 12.1. The molecule has 6 nitrogen and oxygen atoms in total. The van der Waals surface area contributed by atoms with Crippen molar-refractivity contribution in [2.75, 3.05) is 20.3 Å². The van der Waals surface area contributed by atoms with Crippen molar-refractivity contribution in [1.29, 1.82) is 0 Å². The van der Waals surface area contributed by atoms with Crippen LogP contribution in [0.25, 0.3) is 11.1 Å². The summed E-state index contributed by atoms with van der Waals surface area (Å²) in [6, 6.07) is 15.0. The van der Waals surface area contributed by atoms with Crippen LogP contribution in [0.2, 0.25) is 0 Å². The van der Waals surface area contributed by atoms with Crippen molar-refractivity contribution in [3.05, 3.63) is 59.7 Å². The van der Waals surface area contributed by atoms with Gasteiger partial charge >= 0.3 is 12.1 Å². The Labute approximate surface area is 151 Å². The predicted molar refractivity (Wildman–Crippen MR) is 96.1 cm³/mol. The van der Waals surface area contributed by atoms with Gasteiger partial charge in [-0.25, -0.2) is 9.59 Å². The third-order valence-electron chi connectivity index (χ3n) is 4.54. The van der Waals surface area contributed by atoms with Crippen molar-refractivity contribution in [1.82, 2.24) is 5.32 Å². The fourth-order valence-electron chi connectivity index (χ4n) is 3.28. The van der Waals surface area contributed by atoms with Crippen LogP contribution < -0.4 is 5.32 Å². The maximum Gasteiger partial charge on any atom is 0.407 e. The minimum Gasteiger partial charge on any atom is -0.480 e. The average Bonchev–Trinajstić information content (AvgIpc) is 2.97. The molecule has 1 amide bonds. The van der Waals surface area contributed by atoms with Crippen LogP contribution >= 0.6 is 0 Å². The third-order valence-corrected chi connectivity index (χ3v) is 4.54. The van der Waals surface area contributed by atoms with E-state index in [-0.39, 0.29) is 25.6 Å². The number of fused-ring (bicyclic) bond motifs is 3. The van der Waals surface area contributed by atoms with Crippen molar-refractivity contribution in [3.8, 4) is 11.1 Å². The molecule has 0 aromatic heterocycles. The van der Waals surface area contributed by atoms with Gasteiger partial charge in [0.15, 0.2) is 0 Å². The second-order valence-corrected chi connectivity index (χ2v) is 6.14. The van der Waals surface area contributed by atoms with Gasteiger partial charge in [-0.3, -0.25) is 0 Å². The van der Waals surface area contributed by atoms with Crippen LogP contribution in [-0.4, -0.2) is 43.5 Å². The second kappa shape index (κ2) is 8.01. The fraction of sp³-hybridized carbons (Fsp3) is 0.300. The summed E-state index contributed by atoms with van der Waals surface area (Å²) in [4.78, 5) is 23.3. The number of methoxy groups -OCH3 is 1. The van der Waals surface area contributed by atoms with Crippen LogP contribution in [-0.2, 0) is 14.3 Å². The summed E-state index contributed by atoms with van der Waals surface area (Å²) >= 11 is 0. The number of ether oxygens (including phenoxy) is 2. The second-order valence-electron chi connectivity index (χ2n) is 6.14. The van der Waals surface area contributed by atoms with E-state index in [0.29, 0.717) is 0 Å². The molecule has 136 valence electrons. The third kappa shape index (κ3) is 3.70. The molecule has 0 heterocycles. The van der Waals surface area contributed by atoms with Crippen molar-refractivity contribution in [3.63, 3.8) is 0 Å². The number of carbonyl (C=O) groups excluding carboxylic acids is 1. The van der Waals surface area contributed by atoms with Gasteiger partial charge in [-0.2, -0.15) is 0 Å². The van der Waals surface area contributed by atoms with E-state index in [0.717, 1.165) is 22.3 Å². The van der Waals surface area contributed by atoms with Gasteiger partial charge in [0.05, 0.1) is 0 Å². The zero-order chi connectivity index (χ0) is 18.5. The summed E-state index contributed by atoms with van der Waals surface area (Å²) in [6.45, 7) is 0.386. The Morgan fingerprint density at radius 2 is 1.65 bits per heavy atom. The van der Waals surface area contributed by atoms with E-state index in [2.05, 4.69) is 17.4 Å². The molecular weight excluding hydrogens is 334 g/mol. The molecule has 0 spiro atoms. The number of nitrogens with one attached hydrogen (secondary N) is 1. The van der Waals surface area contributed by atoms with Crippen LogP contribution in [0.1, 0.15) is 23.5 Å². The Balaban J connectivity index is 1.68. The minimum atomic E-state index is -1.12. The topological polar surface area (TPSA) is 84.9 Å². The standard InChI is InChI=1S/C20H21NO5/c1-25-11-10-18(19(22)23)21-20(24)26-12-17-15-8-4-2-6-13(15)14-7-3-5-9-16(14)17/h2-9,17-18H,10-12H2,1H3,(H,21,24)(H,22,23). The maximum atomic E-state index is 12.1. The lowest BCUT2D eigenvalue weighted by Gasteiger charge is -2.17. The number of alkyl carbamates (subject to hydrolysis) is 1. The Bertz CT molecular complexity index is 759. The van der Waals surface area contributed by atoms with Gasteiger partial charge in [0.2, 0.25) is 0 Å². The van der Waals surface area contributed by atoms with Gasteiger partial charge < -0.3 is 19.9 Å². The Morgan fingerprint density at radius 1 is 1.08 bits per heavy atom. The Morgan fingerprint density at radius 3 is 2.19 bits per heavy atom. The number of hydrogen-bond donors (Lipinski definition) is 2. The lowest BCUT2D eigenvalue weighted by Crippen LogP contribution is -2.42. The zero-order valence-corrected chi connectivity index (χ0v) is 14.5. The molecular formula is C20H21NO5. The smallest absolute Gasteiger partial charge is 0.407 e. The quantitative estimate of drug-likeness (QED) is 0.797. The molecule has 1 aliphatic carbocycles. The van der Waals surface area contributed by atoms with Crippen LogP contribution in [0.4, 0.5) is 4.79 Å². The van der Waals surface area contributed by atoms with E-state index in [1.54, 1.807) is 0 Å². The molecule has 0 radical (unpaired) electrons. The molecule has 1 atom stereocenters. The van der Waals surface area contributed by atoms with Gasteiger partial charge in [-0.1, -0.05) is 48.5 Å². The summed E-state index contributed by atoms with van der Waals surface area (Å²) in [5.74, 6) is -1.18. The van der Waals surface area contributed by atoms with E-state index in [9.17, 15) is 9.59 Å². The summed E-state index contributed by atoms with van der Waals surface area (Å²) in [6.07, 6.45) is -0.564. The monoisotopic (exact) mass is 355 g/mol. The van der Waals surface area contributed by atoms with Crippen LogP contribution in [0, 0.1) is 0 Å². The van der Waals surface area contributed by atoms with Gasteiger partial charge in [-0.15, -0.1) is 0 Å². The van der Waals surface area contributed by atoms with Crippen molar-refractivity contribution >= 4 is 12.1 Å². The highest BCUT2D eigenvalue weighted by atomic mass is 16.5. The molecule has 6 heteroatoms. The molecule has 2 N–H and O–H groups in total. The molecule has 1 aliphatic rings. The van der Waals surface area contributed by atoms with E-state index in [4.69, 9.17) is 14.6 Å². The van der Waals surface area contributed by atoms with Gasteiger partial charge in [0.25, 0.3) is 0 Å². The van der Waals surface area contributed by atoms with E-state index >= 15 is 0 Å². The number of carbonyl (C=O) groups is 2. The minimum absolute atomic E-state index is 0.0598. The summed E-state index contributed by atoms with van der Waals surface area (Å²) in [5, 5.41) is 11.5. The zero-order valence-electron chi connectivity index (χ0n) is 14.5. The normalized spacial score (nSPS) is 13.6. The Kier molecular flexibility index (Phi) is 5.53. The number of hydrogen-bond acceptors (Lipinski definition) is 4. The van der Waals surface area contributed by atoms with Crippen molar-refractivity contribution in [2.45, 2.75) is 18.4 Å². The Hall–Kier alpha value is -2.86. The summed E-state index contributed by atoms with van der Waals surface area (Å²) < 4.78 is 10.2. The van der Waals surface area contributed by atoms with Crippen LogP contribution in [0.5, 0.6) is 0 Å². The largest absolute Gasteiger partial charge is 0.480 e. The first kappa shape index (κ1) is 17.9. The average molecular weight is 355 g/mol. The SMILES string of the molecule is COCCC(NC(=O)OCC1c2ccccc2-c2ccccc21)C(=O)O. The highest BCUT2D eigenvalue weighted by molar-refractivity contribution is 5.81. The molecule has 1 unspecified atom stereocenters.